The average Bonchev–Trinajstić information content (AvgIpc) is 2.81. The Kier molecular flexibility index (Phi) is 4.65. The van der Waals surface area contributed by atoms with Crippen LogP contribution < -0.4 is 4.80 Å². The summed E-state index contributed by atoms with van der Waals surface area (Å²) in [6.45, 7) is 5.87. The highest BCUT2D eigenvalue weighted by Gasteiger charge is 2.54. The molecule has 0 radical (unpaired) electrons. The van der Waals surface area contributed by atoms with E-state index in [1.54, 1.807) is 18.4 Å². The molecule has 5 rings (SSSR count). The minimum Gasteiger partial charge on any atom is -0.385 e. The molecule has 0 N–H and O–H groups in total. The highest BCUT2D eigenvalue weighted by atomic mass is 32.1. The molecule has 4 nitrogen and oxygen atoms in total. The fourth-order valence-electron chi connectivity index (χ4n) is 5.89. The van der Waals surface area contributed by atoms with E-state index in [0.29, 0.717) is 0 Å². The first-order valence-electron chi connectivity index (χ1n) is 9.75. The van der Waals surface area contributed by atoms with Crippen molar-refractivity contribution in [3.8, 4) is 0 Å². The van der Waals surface area contributed by atoms with Gasteiger partial charge in [0, 0.05) is 30.8 Å². The molecule has 0 saturated heterocycles. The van der Waals surface area contributed by atoms with Crippen molar-refractivity contribution in [3.05, 3.63) is 15.4 Å². The molecule has 4 aliphatic rings. The lowest BCUT2D eigenvalue weighted by Gasteiger charge is -2.55. The van der Waals surface area contributed by atoms with Crippen LogP contribution in [0.15, 0.2) is 4.99 Å². The van der Waals surface area contributed by atoms with Crippen LogP contribution in [0.5, 0.6) is 0 Å². The first-order chi connectivity index (χ1) is 12.0. The second-order valence-electron chi connectivity index (χ2n) is 8.64. The van der Waals surface area contributed by atoms with Gasteiger partial charge in [-0.05, 0) is 76.5 Å². The molecule has 25 heavy (non-hydrogen) atoms. The molecule has 4 bridgehead atoms. The Bertz CT molecular complexity index is 695. The fraction of sp³-hybridized carbons (Fsp3) is 0.800. The third-order valence-corrected chi connectivity index (χ3v) is 7.90. The van der Waals surface area contributed by atoms with Gasteiger partial charge in [0.1, 0.15) is 0 Å². The van der Waals surface area contributed by atoms with Crippen molar-refractivity contribution in [1.29, 1.82) is 0 Å². The van der Waals surface area contributed by atoms with Crippen molar-refractivity contribution in [2.45, 2.75) is 65.3 Å². The van der Waals surface area contributed by atoms with Crippen LogP contribution in [0.25, 0.3) is 0 Å². The summed E-state index contributed by atoms with van der Waals surface area (Å²) in [7, 11) is 1.73. The Morgan fingerprint density at radius 2 is 1.80 bits per heavy atom. The van der Waals surface area contributed by atoms with Crippen molar-refractivity contribution in [1.82, 2.24) is 4.57 Å². The molecule has 0 unspecified atom stereocenters. The van der Waals surface area contributed by atoms with Gasteiger partial charge in [-0.25, -0.2) is 0 Å². The zero-order valence-corrected chi connectivity index (χ0v) is 16.5. The van der Waals surface area contributed by atoms with Crippen molar-refractivity contribution in [2.75, 3.05) is 13.7 Å². The van der Waals surface area contributed by atoms with Crippen LogP contribution in [0.1, 0.15) is 55.5 Å². The Morgan fingerprint density at radius 1 is 1.20 bits per heavy atom. The van der Waals surface area contributed by atoms with E-state index in [0.717, 1.165) is 61.4 Å². The van der Waals surface area contributed by atoms with Gasteiger partial charge in [-0.2, -0.15) is 4.99 Å². The van der Waals surface area contributed by atoms with E-state index in [1.165, 1.54) is 29.8 Å². The van der Waals surface area contributed by atoms with Crippen LogP contribution in [0.4, 0.5) is 0 Å². The second kappa shape index (κ2) is 6.66. The van der Waals surface area contributed by atoms with Crippen molar-refractivity contribution in [3.63, 3.8) is 0 Å². The van der Waals surface area contributed by atoms with Gasteiger partial charge in [-0.3, -0.25) is 4.79 Å². The first-order valence-corrected chi connectivity index (χ1v) is 10.6. The monoisotopic (exact) mass is 362 g/mol. The van der Waals surface area contributed by atoms with E-state index in [4.69, 9.17) is 9.73 Å². The van der Waals surface area contributed by atoms with E-state index < -0.39 is 0 Å². The maximum atomic E-state index is 13.3. The van der Waals surface area contributed by atoms with Gasteiger partial charge in [0.05, 0.1) is 5.41 Å². The molecule has 138 valence electrons. The summed E-state index contributed by atoms with van der Waals surface area (Å²) in [6.07, 6.45) is 8.31. The molecular weight excluding hydrogens is 332 g/mol. The molecule has 0 atom stereocenters. The Balaban J connectivity index is 1.62. The van der Waals surface area contributed by atoms with Crippen LogP contribution in [-0.4, -0.2) is 24.2 Å². The minimum absolute atomic E-state index is 0.134. The maximum absolute atomic E-state index is 13.3. The molecule has 4 fully saturated rings. The topological polar surface area (TPSA) is 43.6 Å². The van der Waals surface area contributed by atoms with Crippen LogP contribution in [0, 0.1) is 37.0 Å². The number of carbonyl (C=O) groups is 1. The number of hydrogen-bond acceptors (Lipinski definition) is 3. The molecule has 1 amide bonds. The lowest BCUT2D eigenvalue weighted by Crippen LogP contribution is -2.50. The lowest BCUT2D eigenvalue weighted by molar-refractivity contribution is -0.142. The Hall–Kier alpha value is -0.940. The van der Waals surface area contributed by atoms with Crippen LogP contribution in [-0.2, 0) is 16.1 Å². The molecule has 0 spiro atoms. The highest BCUT2D eigenvalue weighted by molar-refractivity contribution is 7.09. The van der Waals surface area contributed by atoms with Gasteiger partial charge < -0.3 is 9.30 Å². The van der Waals surface area contributed by atoms with Gasteiger partial charge in [0.15, 0.2) is 4.80 Å². The van der Waals surface area contributed by atoms with Gasteiger partial charge in [-0.15, -0.1) is 11.3 Å². The molecule has 1 aromatic rings. The third-order valence-electron chi connectivity index (χ3n) is 6.81. The van der Waals surface area contributed by atoms with E-state index in [-0.39, 0.29) is 11.3 Å². The molecule has 1 aromatic heterocycles. The normalized spacial score (nSPS) is 34.0. The number of aryl methyl sites for hydroxylation is 1. The minimum atomic E-state index is -0.134. The summed E-state index contributed by atoms with van der Waals surface area (Å²) in [5.74, 6) is 2.52. The summed E-state index contributed by atoms with van der Waals surface area (Å²) in [6, 6.07) is 0. The zero-order valence-electron chi connectivity index (χ0n) is 15.7. The van der Waals surface area contributed by atoms with Crippen LogP contribution in [0.3, 0.4) is 0 Å². The predicted octanol–water partition coefficient (Wildman–Crippen LogP) is 3.85. The van der Waals surface area contributed by atoms with Crippen LogP contribution >= 0.6 is 11.3 Å². The van der Waals surface area contributed by atoms with E-state index in [9.17, 15) is 4.79 Å². The lowest BCUT2D eigenvalue weighted by atomic mass is 9.49. The molecule has 0 aliphatic heterocycles. The highest BCUT2D eigenvalue weighted by Crippen LogP contribution is 2.60. The third kappa shape index (κ3) is 3.14. The van der Waals surface area contributed by atoms with Gasteiger partial charge in [0.25, 0.3) is 5.91 Å². The number of rotatable bonds is 5. The number of hydrogen-bond donors (Lipinski definition) is 0. The number of amides is 1. The molecule has 5 heteroatoms. The molecule has 4 aliphatic carbocycles. The largest absolute Gasteiger partial charge is 0.385 e. The molecule has 4 saturated carbocycles. The Labute approximate surface area is 154 Å². The quantitative estimate of drug-likeness (QED) is 0.747. The van der Waals surface area contributed by atoms with E-state index in [2.05, 4.69) is 18.4 Å². The zero-order chi connectivity index (χ0) is 17.6. The number of nitrogens with zero attached hydrogens (tertiary/aromatic N) is 2. The number of methoxy groups -OCH3 is 1. The number of aromatic nitrogens is 1. The molecule has 1 heterocycles. The van der Waals surface area contributed by atoms with Crippen molar-refractivity contribution in [2.24, 2.45) is 28.2 Å². The average molecular weight is 363 g/mol. The summed E-state index contributed by atoms with van der Waals surface area (Å²) in [5, 5.41) is 0. The summed E-state index contributed by atoms with van der Waals surface area (Å²) >= 11 is 1.67. The van der Waals surface area contributed by atoms with Gasteiger partial charge in [-0.1, -0.05) is 0 Å². The number of thiazole rings is 1. The summed E-state index contributed by atoms with van der Waals surface area (Å²) in [4.78, 5) is 20.1. The predicted molar refractivity (Wildman–Crippen MR) is 99.5 cm³/mol. The maximum Gasteiger partial charge on any atom is 0.254 e. The van der Waals surface area contributed by atoms with Crippen molar-refractivity contribution >= 4 is 17.2 Å². The standard InChI is InChI=1S/C20H30N2O2S/c1-13-14(2)25-19(22(13)5-4-6-24-3)21-18(23)20-10-15-7-16(11-20)9-17(8-15)12-20/h15-17H,4-12H2,1-3H3. The smallest absolute Gasteiger partial charge is 0.254 e. The number of carbonyl (C=O) groups excluding carboxylic acids is 1. The second-order valence-corrected chi connectivity index (χ2v) is 9.82. The molecular formula is C20H30N2O2S. The molecule has 0 aromatic carbocycles. The van der Waals surface area contributed by atoms with E-state index >= 15 is 0 Å². The van der Waals surface area contributed by atoms with Crippen LogP contribution in [0.2, 0.25) is 0 Å². The fourth-order valence-corrected chi connectivity index (χ4v) is 6.89. The Morgan fingerprint density at radius 3 is 2.36 bits per heavy atom. The van der Waals surface area contributed by atoms with Crippen molar-refractivity contribution < 1.29 is 9.53 Å². The van der Waals surface area contributed by atoms with Gasteiger partial charge in [0.2, 0.25) is 0 Å². The number of ether oxygens (including phenoxy) is 1. The SMILES string of the molecule is COCCCn1c(C)c(C)sc1=NC(=O)C12CC3CC(CC(C3)C1)C2. The first kappa shape index (κ1) is 17.5. The summed E-state index contributed by atoms with van der Waals surface area (Å²) in [5.41, 5.74) is 1.10. The van der Waals surface area contributed by atoms with E-state index in [1.807, 2.05) is 0 Å². The summed E-state index contributed by atoms with van der Waals surface area (Å²) < 4.78 is 7.41. The van der Waals surface area contributed by atoms with Gasteiger partial charge >= 0.3 is 0 Å².